The van der Waals surface area contributed by atoms with Crippen LogP contribution in [0.2, 0.25) is 0 Å². The Bertz CT molecular complexity index is 157. The molecule has 7 heteroatoms. The summed E-state index contributed by atoms with van der Waals surface area (Å²) < 4.78 is 20.2. The summed E-state index contributed by atoms with van der Waals surface area (Å²) >= 11 is 0. The molecule has 6 nitrogen and oxygen atoms in total. The van der Waals surface area contributed by atoms with Crippen LogP contribution in [0.5, 0.6) is 0 Å². The lowest BCUT2D eigenvalue weighted by molar-refractivity contribution is 0.00835. The third-order valence-electron chi connectivity index (χ3n) is 1.79. The zero-order valence-corrected chi connectivity index (χ0v) is 8.09. The second-order valence-corrected chi connectivity index (χ2v) is 2.96. The average molecular weight is 206 g/mol. The largest absolute Gasteiger partial charge is 0.640 e. The summed E-state index contributed by atoms with van der Waals surface area (Å²) in [5.74, 6) is 0. The molecule has 0 saturated carbocycles. The van der Waals surface area contributed by atoms with Crippen molar-refractivity contribution in [3.63, 3.8) is 0 Å². The summed E-state index contributed by atoms with van der Waals surface area (Å²) in [5, 5.41) is 17.6. The van der Waals surface area contributed by atoms with Crippen molar-refractivity contribution >= 4 is 7.32 Å². The Labute approximate surface area is 82.9 Å². The molecule has 0 aromatic carbocycles. The molecule has 1 fully saturated rings. The zero-order valence-electron chi connectivity index (χ0n) is 8.09. The summed E-state index contributed by atoms with van der Waals surface area (Å²) in [4.78, 5) is 0. The Hall–Kier alpha value is -0.175. The summed E-state index contributed by atoms with van der Waals surface area (Å²) in [6.07, 6.45) is -0.815. The van der Waals surface area contributed by atoms with Gasteiger partial charge in [-0.2, -0.15) is 0 Å². The molecule has 1 rings (SSSR count). The van der Waals surface area contributed by atoms with Crippen LogP contribution in [0.25, 0.3) is 0 Å². The van der Waals surface area contributed by atoms with Gasteiger partial charge in [0.15, 0.2) is 0 Å². The average Bonchev–Trinajstić information content (AvgIpc) is 2.65. The number of hydrogen-bond acceptors (Lipinski definition) is 6. The smallest absolute Gasteiger partial charge is 0.394 e. The van der Waals surface area contributed by atoms with E-state index in [0.717, 1.165) is 0 Å². The predicted octanol–water partition coefficient (Wildman–Crippen LogP) is -1.60. The molecule has 0 amide bonds. The van der Waals surface area contributed by atoms with Crippen LogP contribution < -0.4 is 0 Å². The molecule has 0 aromatic heterocycles. The van der Waals surface area contributed by atoms with E-state index in [0.29, 0.717) is 6.61 Å². The van der Waals surface area contributed by atoms with E-state index >= 15 is 0 Å². The van der Waals surface area contributed by atoms with Gasteiger partial charge in [0.1, 0.15) is 0 Å². The zero-order chi connectivity index (χ0) is 10.4. The van der Waals surface area contributed by atoms with E-state index < -0.39 is 13.4 Å². The van der Waals surface area contributed by atoms with Crippen molar-refractivity contribution < 1.29 is 28.9 Å². The van der Waals surface area contributed by atoms with E-state index in [4.69, 9.17) is 28.9 Å². The van der Waals surface area contributed by atoms with Gasteiger partial charge in [-0.05, 0) is 0 Å². The summed E-state index contributed by atoms with van der Waals surface area (Å²) in [7, 11) is 0.693. The van der Waals surface area contributed by atoms with E-state index in [-0.39, 0.29) is 25.9 Å². The van der Waals surface area contributed by atoms with Crippen molar-refractivity contribution in [3.05, 3.63) is 0 Å². The maximum Gasteiger partial charge on any atom is 0.640 e. The normalized spacial score (nSPS) is 24.2. The Morgan fingerprint density at radius 2 is 2.36 bits per heavy atom. The standard InChI is InChI=1S/C7H15BO6/c1-11-4-6(2-9)13-8-12-5-7(3-10)14-8/h6-7,9-10H,2-5H2,1H3. The number of rotatable bonds is 6. The number of aliphatic hydroxyl groups excluding tert-OH is 2. The number of methoxy groups -OCH3 is 1. The van der Waals surface area contributed by atoms with Crippen LogP contribution in [0.4, 0.5) is 0 Å². The highest BCUT2D eigenvalue weighted by molar-refractivity contribution is 6.37. The van der Waals surface area contributed by atoms with Gasteiger partial charge < -0.3 is 28.9 Å². The van der Waals surface area contributed by atoms with Crippen LogP contribution in [0.15, 0.2) is 0 Å². The molecule has 0 bridgehead atoms. The molecule has 1 saturated heterocycles. The molecule has 82 valence electrons. The molecular weight excluding hydrogens is 191 g/mol. The topological polar surface area (TPSA) is 77.4 Å². The Morgan fingerprint density at radius 1 is 1.57 bits per heavy atom. The molecule has 2 unspecified atom stereocenters. The third-order valence-corrected chi connectivity index (χ3v) is 1.79. The van der Waals surface area contributed by atoms with Crippen LogP contribution in [0.1, 0.15) is 0 Å². The lowest BCUT2D eigenvalue weighted by Gasteiger charge is -2.15. The highest BCUT2D eigenvalue weighted by Crippen LogP contribution is 2.10. The van der Waals surface area contributed by atoms with Crippen LogP contribution in [-0.4, -0.2) is 63.3 Å². The molecule has 0 radical (unpaired) electrons. The summed E-state index contributed by atoms with van der Waals surface area (Å²) in [6, 6.07) is 0. The highest BCUT2D eigenvalue weighted by Gasteiger charge is 2.35. The van der Waals surface area contributed by atoms with Gasteiger partial charge in [-0.3, -0.25) is 0 Å². The fourth-order valence-electron chi connectivity index (χ4n) is 1.07. The van der Waals surface area contributed by atoms with Crippen molar-refractivity contribution in [3.8, 4) is 0 Å². The van der Waals surface area contributed by atoms with Gasteiger partial charge in [0.25, 0.3) is 0 Å². The van der Waals surface area contributed by atoms with Crippen molar-refractivity contribution in [1.82, 2.24) is 0 Å². The Morgan fingerprint density at radius 3 is 2.86 bits per heavy atom. The molecule has 1 aliphatic rings. The van der Waals surface area contributed by atoms with Gasteiger partial charge in [0.05, 0.1) is 38.6 Å². The summed E-state index contributed by atoms with van der Waals surface area (Å²) in [6.45, 7) is 0.296. The van der Waals surface area contributed by atoms with Crippen molar-refractivity contribution in [1.29, 1.82) is 0 Å². The van der Waals surface area contributed by atoms with Crippen molar-refractivity contribution in [2.24, 2.45) is 0 Å². The van der Waals surface area contributed by atoms with Gasteiger partial charge in [-0.15, -0.1) is 0 Å². The molecular formula is C7H15BO6. The van der Waals surface area contributed by atoms with Gasteiger partial charge in [-0.1, -0.05) is 0 Å². The molecule has 1 aliphatic heterocycles. The quantitative estimate of drug-likeness (QED) is 0.510. The highest BCUT2D eigenvalue weighted by atomic mass is 16.8. The number of ether oxygens (including phenoxy) is 1. The predicted molar refractivity (Wildman–Crippen MR) is 47.5 cm³/mol. The minimum absolute atomic E-state index is 0.103. The first-order chi connectivity index (χ1) is 6.80. The van der Waals surface area contributed by atoms with Gasteiger partial charge in [0, 0.05) is 7.11 Å². The second kappa shape index (κ2) is 6.33. The van der Waals surface area contributed by atoms with E-state index in [9.17, 15) is 0 Å². The Balaban J connectivity index is 2.22. The van der Waals surface area contributed by atoms with Crippen LogP contribution in [0, 0.1) is 0 Å². The monoisotopic (exact) mass is 206 g/mol. The lowest BCUT2D eigenvalue weighted by Crippen LogP contribution is -2.33. The first-order valence-electron chi connectivity index (χ1n) is 4.43. The molecule has 2 atom stereocenters. The summed E-state index contributed by atoms with van der Waals surface area (Å²) in [5.41, 5.74) is 0. The Kier molecular flexibility index (Phi) is 5.38. The second-order valence-electron chi connectivity index (χ2n) is 2.96. The van der Waals surface area contributed by atoms with Crippen LogP contribution in [-0.2, 0) is 18.7 Å². The van der Waals surface area contributed by atoms with E-state index in [1.54, 1.807) is 0 Å². The van der Waals surface area contributed by atoms with E-state index in [2.05, 4.69) is 0 Å². The number of hydrogen-bond donors (Lipinski definition) is 2. The first-order valence-corrected chi connectivity index (χ1v) is 4.43. The third kappa shape index (κ3) is 3.53. The van der Waals surface area contributed by atoms with Crippen LogP contribution >= 0.6 is 0 Å². The van der Waals surface area contributed by atoms with Crippen molar-refractivity contribution in [2.45, 2.75) is 12.2 Å². The fraction of sp³-hybridized carbons (Fsp3) is 1.00. The van der Waals surface area contributed by atoms with Gasteiger partial charge in [-0.25, -0.2) is 0 Å². The molecule has 14 heavy (non-hydrogen) atoms. The lowest BCUT2D eigenvalue weighted by atomic mass is 10.2. The number of aliphatic hydroxyl groups is 2. The molecule has 2 N–H and O–H groups in total. The minimum Gasteiger partial charge on any atom is -0.394 e. The first kappa shape index (κ1) is 11.9. The maximum absolute atomic E-state index is 8.88. The fourth-order valence-corrected chi connectivity index (χ4v) is 1.07. The van der Waals surface area contributed by atoms with E-state index in [1.807, 2.05) is 0 Å². The minimum atomic E-state index is -0.820. The molecule has 1 heterocycles. The van der Waals surface area contributed by atoms with Crippen LogP contribution in [0.3, 0.4) is 0 Å². The van der Waals surface area contributed by atoms with Crippen molar-refractivity contribution in [2.75, 3.05) is 33.5 Å². The molecule has 0 aliphatic carbocycles. The van der Waals surface area contributed by atoms with E-state index in [1.165, 1.54) is 7.11 Å². The maximum atomic E-state index is 8.88. The molecule has 0 spiro atoms. The molecule has 0 aromatic rings. The van der Waals surface area contributed by atoms with Gasteiger partial charge >= 0.3 is 7.32 Å². The SMILES string of the molecule is COCC(CO)OB1OCC(CO)O1. The van der Waals surface area contributed by atoms with Gasteiger partial charge in [0.2, 0.25) is 0 Å².